The molecule has 0 bridgehead atoms. The van der Waals surface area contributed by atoms with Gasteiger partial charge < -0.3 is 15.0 Å². The molecule has 1 unspecified atom stereocenters. The molecule has 2 amide bonds. The second-order valence-electron chi connectivity index (χ2n) is 6.41. The van der Waals surface area contributed by atoms with Gasteiger partial charge in [-0.1, -0.05) is 48.4 Å². The van der Waals surface area contributed by atoms with Crippen LogP contribution in [0.4, 0.5) is 0 Å². The minimum atomic E-state index is -0.573. The average molecular weight is 468 g/mol. The summed E-state index contributed by atoms with van der Waals surface area (Å²) < 4.78 is 6.33. The lowest BCUT2D eigenvalue weighted by atomic mass is 10.1. The summed E-state index contributed by atoms with van der Waals surface area (Å²) in [5.41, 5.74) is 2.09. The summed E-state index contributed by atoms with van der Waals surface area (Å²) in [5.74, 6) is 0.0505. The lowest BCUT2D eigenvalue weighted by Gasteiger charge is -2.30. The maximum absolute atomic E-state index is 13.0. The summed E-state index contributed by atoms with van der Waals surface area (Å²) in [5, 5.41) is 3.21. The van der Waals surface area contributed by atoms with Crippen LogP contribution in [0.15, 0.2) is 46.9 Å². The fraction of sp³-hybridized carbons (Fsp3) is 0.333. The van der Waals surface area contributed by atoms with E-state index in [2.05, 4.69) is 21.2 Å². The van der Waals surface area contributed by atoms with Gasteiger partial charge in [0.15, 0.2) is 6.61 Å². The first kappa shape index (κ1) is 22.2. The first-order valence-corrected chi connectivity index (χ1v) is 10.2. The Morgan fingerprint density at radius 2 is 1.89 bits per heavy atom. The predicted octanol–water partition coefficient (Wildman–Crippen LogP) is 4.34. The number of benzene rings is 2. The van der Waals surface area contributed by atoms with Crippen LogP contribution in [-0.2, 0) is 16.1 Å². The van der Waals surface area contributed by atoms with Crippen molar-refractivity contribution in [2.24, 2.45) is 0 Å². The second kappa shape index (κ2) is 10.5. The maximum atomic E-state index is 13.0. The molecule has 2 rings (SSSR count). The summed E-state index contributed by atoms with van der Waals surface area (Å²) in [6.45, 7) is 4.03. The lowest BCUT2D eigenvalue weighted by Crippen LogP contribution is -2.49. The molecule has 0 aromatic heterocycles. The lowest BCUT2D eigenvalue weighted by molar-refractivity contribution is -0.142. The summed E-state index contributed by atoms with van der Waals surface area (Å²) in [6, 6.07) is 12.4. The Morgan fingerprint density at radius 3 is 2.46 bits per heavy atom. The third-order valence-electron chi connectivity index (χ3n) is 4.35. The molecule has 150 valence electrons. The highest BCUT2D eigenvalue weighted by molar-refractivity contribution is 9.10. The molecular weight excluding hydrogens is 444 g/mol. The van der Waals surface area contributed by atoms with Crippen LogP contribution in [0.1, 0.15) is 24.5 Å². The van der Waals surface area contributed by atoms with Gasteiger partial charge in [-0.3, -0.25) is 9.59 Å². The minimum Gasteiger partial charge on any atom is -0.483 e. The van der Waals surface area contributed by atoms with Gasteiger partial charge in [0.25, 0.3) is 5.91 Å². The Hall–Kier alpha value is -2.05. The van der Waals surface area contributed by atoms with Crippen molar-refractivity contribution in [3.05, 3.63) is 63.1 Å². The number of likely N-dealkylation sites (N-methyl/N-ethyl adjacent to an activating group) is 1. The highest BCUT2D eigenvalue weighted by atomic mass is 79.9. The molecule has 0 heterocycles. The van der Waals surface area contributed by atoms with Gasteiger partial charge in [-0.15, -0.1) is 0 Å². The van der Waals surface area contributed by atoms with Crippen molar-refractivity contribution in [2.75, 3.05) is 13.7 Å². The molecule has 2 aromatic carbocycles. The van der Waals surface area contributed by atoms with Crippen LogP contribution in [0.3, 0.4) is 0 Å². The topological polar surface area (TPSA) is 58.6 Å². The zero-order valence-electron chi connectivity index (χ0n) is 16.2. The number of amides is 2. The number of nitrogens with one attached hydrogen (secondary N) is 1. The number of ether oxygens (including phenoxy) is 1. The SMILES string of the molecule is CCC(C(=O)NC)N(Cc1ccc(C)cc1)C(=O)COc1ccc(Cl)cc1Br. The zero-order valence-corrected chi connectivity index (χ0v) is 18.5. The van der Waals surface area contributed by atoms with E-state index in [1.807, 2.05) is 38.1 Å². The number of nitrogens with zero attached hydrogens (tertiary/aromatic N) is 1. The molecule has 0 aliphatic rings. The number of rotatable bonds is 8. The maximum Gasteiger partial charge on any atom is 0.261 e. The quantitative estimate of drug-likeness (QED) is 0.628. The summed E-state index contributed by atoms with van der Waals surface area (Å²) in [7, 11) is 1.57. The Kier molecular flexibility index (Phi) is 8.33. The zero-order chi connectivity index (χ0) is 20.7. The van der Waals surface area contributed by atoms with E-state index in [0.717, 1.165) is 11.1 Å². The Morgan fingerprint density at radius 1 is 1.21 bits per heavy atom. The van der Waals surface area contributed by atoms with Crippen molar-refractivity contribution in [1.29, 1.82) is 0 Å². The van der Waals surface area contributed by atoms with Gasteiger partial charge >= 0.3 is 0 Å². The van der Waals surface area contributed by atoms with E-state index in [-0.39, 0.29) is 18.4 Å². The number of carbonyl (C=O) groups is 2. The summed E-state index contributed by atoms with van der Waals surface area (Å²) in [6.07, 6.45) is 0.502. The normalized spacial score (nSPS) is 11.6. The molecule has 0 spiro atoms. The van der Waals surface area contributed by atoms with Crippen LogP contribution < -0.4 is 10.1 Å². The van der Waals surface area contributed by atoms with Crippen LogP contribution in [0, 0.1) is 6.92 Å². The van der Waals surface area contributed by atoms with Crippen LogP contribution in [0.25, 0.3) is 0 Å². The number of aryl methyl sites for hydroxylation is 1. The van der Waals surface area contributed by atoms with Gasteiger partial charge in [-0.05, 0) is 53.0 Å². The summed E-state index contributed by atoms with van der Waals surface area (Å²) in [4.78, 5) is 26.9. The number of hydrogen-bond acceptors (Lipinski definition) is 3. The largest absolute Gasteiger partial charge is 0.483 e. The molecule has 1 N–H and O–H groups in total. The molecule has 0 radical (unpaired) electrons. The Balaban J connectivity index is 2.19. The standard InChI is InChI=1S/C21H24BrClN2O3/c1-4-18(21(27)24-3)25(12-15-7-5-14(2)6-8-15)20(26)13-28-19-10-9-16(23)11-17(19)22/h5-11,18H,4,12-13H2,1-3H3,(H,24,27). The van der Waals surface area contributed by atoms with Crippen LogP contribution in [0.5, 0.6) is 5.75 Å². The van der Waals surface area contributed by atoms with Gasteiger partial charge in [0.2, 0.25) is 5.91 Å². The van der Waals surface area contributed by atoms with E-state index >= 15 is 0 Å². The molecule has 0 aliphatic carbocycles. The first-order valence-electron chi connectivity index (χ1n) is 9.00. The van der Waals surface area contributed by atoms with Crippen molar-refractivity contribution in [3.8, 4) is 5.75 Å². The summed E-state index contributed by atoms with van der Waals surface area (Å²) >= 11 is 9.31. The number of carbonyl (C=O) groups excluding carboxylic acids is 2. The fourth-order valence-electron chi connectivity index (χ4n) is 2.79. The molecule has 0 saturated heterocycles. The molecule has 1 atom stereocenters. The minimum absolute atomic E-state index is 0.181. The Bertz CT molecular complexity index is 827. The number of halogens is 2. The smallest absolute Gasteiger partial charge is 0.261 e. The molecule has 2 aromatic rings. The molecular formula is C21H24BrClN2O3. The van der Waals surface area contributed by atoms with Crippen molar-refractivity contribution in [2.45, 2.75) is 32.9 Å². The fourth-order valence-corrected chi connectivity index (χ4v) is 3.59. The van der Waals surface area contributed by atoms with E-state index in [1.165, 1.54) is 0 Å². The third-order valence-corrected chi connectivity index (χ3v) is 5.21. The van der Waals surface area contributed by atoms with Gasteiger partial charge in [0, 0.05) is 18.6 Å². The van der Waals surface area contributed by atoms with Crippen LogP contribution in [0.2, 0.25) is 5.02 Å². The third kappa shape index (κ3) is 5.97. The molecule has 0 aliphatic heterocycles. The molecule has 0 fully saturated rings. The van der Waals surface area contributed by atoms with Crippen molar-refractivity contribution in [1.82, 2.24) is 10.2 Å². The molecule has 28 heavy (non-hydrogen) atoms. The monoisotopic (exact) mass is 466 g/mol. The van der Waals surface area contributed by atoms with Crippen molar-refractivity contribution >= 4 is 39.3 Å². The van der Waals surface area contributed by atoms with Crippen molar-refractivity contribution in [3.63, 3.8) is 0 Å². The van der Waals surface area contributed by atoms with Crippen LogP contribution in [-0.4, -0.2) is 36.4 Å². The molecule has 0 saturated carbocycles. The van der Waals surface area contributed by atoms with Gasteiger partial charge in [-0.2, -0.15) is 0 Å². The molecule has 5 nitrogen and oxygen atoms in total. The second-order valence-corrected chi connectivity index (χ2v) is 7.70. The van der Waals surface area contributed by atoms with E-state index in [0.29, 0.717) is 28.2 Å². The Labute approximate surface area is 179 Å². The van der Waals surface area contributed by atoms with E-state index in [4.69, 9.17) is 16.3 Å². The van der Waals surface area contributed by atoms with E-state index in [9.17, 15) is 9.59 Å². The predicted molar refractivity (Wildman–Crippen MR) is 115 cm³/mol. The highest BCUT2D eigenvalue weighted by Crippen LogP contribution is 2.28. The highest BCUT2D eigenvalue weighted by Gasteiger charge is 2.28. The van der Waals surface area contributed by atoms with E-state index in [1.54, 1.807) is 30.1 Å². The van der Waals surface area contributed by atoms with Gasteiger partial charge in [0.1, 0.15) is 11.8 Å². The van der Waals surface area contributed by atoms with E-state index < -0.39 is 6.04 Å². The van der Waals surface area contributed by atoms with Crippen molar-refractivity contribution < 1.29 is 14.3 Å². The van der Waals surface area contributed by atoms with Crippen LogP contribution >= 0.6 is 27.5 Å². The molecule has 7 heteroatoms. The first-order chi connectivity index (χ1) is 13.3. The number of hydrogen-bond donors (Lipinski definition) is 1. The average Bonchev–Trinajstić information content (AvgIpc) is 2.68. The van der Waals surface area contributed by atoms with Gasteiger partial charge in [0.05, 0.1) is 4.47 Å². The van der Waals surface area contributed by atoms with Gasteiger partial charge in [-0.25, -0.2) is 0 Å².